The Kier molecular flexibility index (Phi) is 17.9. The average Bonchev–Trinajstić information content (AvgIpc) is 3.18. The van der Waals surface area contributed by atoms with Crippen molar-refractivity contribution in [3.8, 4) is 22.5 Å². The molecule has 4 aromatic rings. The first-order valence-corrected chi connectivity index (χ1v) is 7.94. The molecule has 0 spiro atoms. The molecule has 4 aromatic heterocycles. The lowest BCUT2D eigenvalue weighted by atomic mass is 10.2. The van der Waals surface area contributed by atoms with E-state index in [2.05, 4.69) is 20.2 Å². The molecule has 0 aliphatic carbocycles. The van der Waals surface area contributed by atoms with Crippen molar-refractivity contribution in [1.82, 2.24) is 29.5 Å². The van der Waals surface area contributed by atoms with Gasteiger partial charge in [-0.15, -0.1) is 0 Å². The predicted octanol–water partition coefficient (Wildman–Crippen LogP) is 5.95. The van der Waals surface area contributed by atoms with Gasteiger partial charge in [0, 0.05) is 62.1 Å². The lowest BCUT2D eigenvalue weighted by molar-refractivity contribution is 0.780. The first kappa shape index (κ1) is 35.7. The van der Waals surface area contributed by atoms with Crippen molar-refractivity contribution in [2.24, 2.45) is 14.1 Å². The molecule has 0 fully saturated rings. The molecule has 0 saturated heterocycles. The van der Waals surface area contributed by atoms with Crippen LogP contribution < -0.4 is 11.5 Å². The standard InChI is InChI=1S/2C9H10N4.6CH4/c1-13-8(5-9(10)12-13)7-3-2-4-11-6-7;1-13-9(10)5-8(12-13)7-3-2-4-11-6-7;;;;;;/h2-6H,1H3,(H2,10,12);2-6H,10H2,1H3;6*1H4. The van der Waals surface area contributed by atoms with Crippen LogP contribution >= 0.6 is 0 Å². The monoisotopic (exact) mass is 444 g/mol. The Balaban J connectivity index is -0.000000206. The molecule has 0 aromatic carbocycles. The largest absolute Gasteiger partial charge is 0.384 e. The number of nitrogens with zero attached hydrogens (tertiary/aromatic N) is 6. The van der Waals surface area contributed by atoms with Gasteiger partial charge in [-0.1, -0.05) is 44.6 Å². The van der Waals surface area contributed by atoms with Crippen LogP contribution in [0, 0.1) is 0 Å². The maximum atomic E-state index is 5.66. The summed E-state index contributed by atoms with van der Waals surface area (Å²) in [5.41, 5.74) is 15.1. The highest BCUT2D eigenvalue weighted by Crippen LogP contribution is 2.19. The van der Waals surface area contributed by atoms with E-state index >= 15 is 0 Å². The topological polar surface area (TPSA) is 113 Å². The van der Waals surface area contributed by atoms with E-state index in [9.17, 15) is 0 Å². The smallest absolute Gasteiger partial charge is 0.146 e. The molecule has 8 heteroatoms. The van der Waals surface area contributed by atoms with Crippen molar-refractivity contribution >= 4 is 11.6 Å². The molecule has 0 amide bonds. The van der Waals surface area contributed by atoms with E-state index in [-0.39, 0.29) is 44.6 Å². The summed E-state index contributed by atoms with van der Waals surface area (Å²) in [6, 6.07) is 11.4. The molecule has 0 bridgehead atoms. The maximum Gasteiger partial charge on any atom is 0.146 e. The van der Waals surface area contributed by atoms with Gasteiger partial charge in [-0.2, -0.15) is 10.2 Å². The lowest BCUT2D eigenvalue weighted by Crippen LogP contribution is -1.96. The number of aromatic nitrogens is 6. The van der Waals surface area contributed by atoms with Gasteiger partial charge >= 0.3 is 0 Å². The van der Waals surface area contributed by atoms with E-state index in [4.69, 9.17) is 11.5 Å². The Morgan fingerprint density at radius 1 is 0.688 bits per heavy atom. The van der Waals surface area contributed by atoms with E-state index in [0.29, 0.717) is 11.6 Å². The van der Waals surface area contributed by atoms with Crippen molar-refractivity contribution in [1.29, 1.82) is 0 Å². The summed E-state index contributed by atoms with van der Waals surface area (Å²) in [6.07, 6.45) is 7.03. The van der Waals surface area contributed by atoms with Gasteiger partial charge < -0.3 is 11.5 Å². The SMILES string of the molecule is C.C.C.C.C.C.Cn1nc(-c2cccnc2)cc1N.Cn1nc(N)cc1-c1cccnc1. The molecular formula is C24H44N8. The molecule has 0 aliphatic rings. The number of hydrogen-bond donors (Lipinski definition) is 2. The molecule has 0 atom stereocenters. The van der Waals surface area contributed by atoms with Gasteiger partial charge in [0.25, 0.3) is 0 Å². The van der Waals surface area contributed by atoms with Crippen molar-refractivity contribution in [2.45, 2.75) is 44.6 Å². The van der Waals surface area contributed by atoms with Crippen LogP contribution in [0.2, 0.25) is 0 Å². The first-order valence-electron chi connectivity index (χ1n) is 7.94. The Morgan fingerprint density at radius 2 is 1.22 bits per heavy atom. The minimum Gasteiger partial charge on any atom is -0.384 e. The number of rotatable bonds is 2. The molecule has 0 unspecified atom stereocenters. The average molecular weight is 445 g/mol. The molecule has 32 heavy (non-hydrogen) atoms. The third kappa shape index (κ3) is 8.59. The zero-order valence-electron chi connectivity index (χ0n) is 14.6. The van der Waals surface area contributed by atoms with Crippen molar-refractivity contribution in [3.05, 3.63) is 61.2 Å². The predicted molar refractivity (Wildman–Crippen MR) is 142 cm³/mol. The first-order chi connectivity index (χ1) is 12.5. The molecular weight excluding hydrogens is 400 g/mol. The van der Waals surface area contributed by atoms with Crippen molar-refractivity contribution in [3.63, 3.8) is 0 Å². The molecule has 0 saturated carbocycles. The summed E-state index contributed by atoms with van der Waals surface area (Å²) >= 11 is 0. The van der Waals surface area contributed by atoms with Gasteiger partial charge in [-0.05, 0) is 24.3 Å². The third-order valence-electron chi connectivity index (χ3n) is 3.73. The second-order valence-electron chi connectivity index (χ2n) is 5.64. The number of anilines is 2. The number of nitrogen functional groups attached to an aromatic ring is 2. The summed E-state index contributed by atoms with van der Waals surface area (Å²) < 4.78 is 3.38. The van der Waals surface area contributed by atoms with Gasteiger partial charge in [0.15, 0.2) is 0 Å². The van der Waals surface area contributed by atoms with Crippen LogP contribution in [0.3, 0.4) is 0 Å². The van der Waals surface area contributed by atoms with Crippen LogP contribution in [0.1, 0.15) is 44.6 Å². The van der Waals surface area contributed by atoms with Gasteiger partial charge in [0.1, 0.15) is 11.6 Å². The Labute approximate surface area is 195 Å². The molecule has 0 radical (unpaired) electrons. The van der Waals surface area contributed by atoms with Gasteiger partial charge in [-0.3, -0.25) is 19.3 Å². The fraction of sp³-hybridized carbons (Fsp3) is 0.333. The minimum absolute atomic E-state index is 0. The Morgan fingerprint density at radius 3 is 1.59 bits per heavy atom. The minimum atomic E-state index is 0. The lowest BCUT2D eigenvalue weighted by Gasteiger charge is -1.98. The summed E-state index contributed by atoms with van der Waals surface area (Å²) in [5, 5.41) is 8.29. The second-order valence-corrected chi connectivity index (χ2v) is 5.64. The second kappa shape index (κ2) is 16.1. The van der Waals surface area contributed by atoms with Crippen molar-refractivity contribution < 1.29 is 0 Å². The number of pyridine rings is 2. The summed E-state index contributed by atoms with van der Waals surface area (Å²) in [4.78, 5) is 8.04. The Bertz CT molecular complexity index is 956. The number of hydrogen-bond acceptors (Lipinski definition) is 6. The van der Waals surface area contributed by atoms with E-state index in [1.807, 2.05) is 50.5 Å². The van der Waals surface area contributed by atoms with Crippen LogP contribution in [0.5, 0.6) is 0 Å². The highest BCUT2D eigenvalue weighted by atomic mass is 15.3. The molecule has 4 heterocycles. The van der Waals surface area contributed by atoms with E-state index in [1.54, 1.807) is 34.2 Å². The Hall–Kier alpha value is -3.68. The molecule has 4 N–H and O–H groups in total. The quantitative estimate of drug-likeness (QED) is 0.395. The van der Waals surface area contributed by atoms with Crippen LogP contribution in [0.15, 0.2) is 61.2 Å². The third-order valence-corrected chi connectivity index (χ3v) is 3.73. The number of nitrogens with two attached hydrogens (primary N) is 2. The fourth-order valence-corrected chi connectivity index (χ4v) is 2.41. The highest BCUT2D eigenvalue weighted by molar-refractivity contribution is 5.62. The molecule has 0 aliphatic heterocycles. The van der Waals surface area contributed by atoms with E-state index in [1.165, 1.54) is 0 Å². The zero-order chi connectivity index (χ0) is 18.5. The zero-order valence-corrected chi connectivity index (χ0v) is 14.6. The maximum absolute atomic E-state index is 5.66. The molecule has 4 rings (SSSR count). The highest BCUT2D eigenvalue weighted by Gasteiger charge is 2.04. The summed E-state index contributed by atoms with van der Waals surface area (Å²) in [6.45, 7) is 0. The van der Waals surface area contributed by atoms with Gasteiger partial charge in [0.05, 0.1) is 11.4 Å². The van der Waals surface area contributed by atoms with Gasteiger partial charge in [0.2, 0.25) is 0 Å². The van der Waals surface area contributed by atoms with Crippen molar-refractivity contribution in [2.75, 3.05) is 11.5 Å². The van der Waals surface area contributed by atoms with E-state index in [0.717, 1.165) is 22.5 Å². The molecule has 180 valence electrons. The van der Waals surface area contributed by atoms with Crippen LogP contribution in [0.4, 0.5) is 11.6 Å². The van der Waals surface area contributed by atoms with E-state index < -0.39 is 0 Å². The summed E-state index contributed by atoms with van der Waals surface area (Å²) in [7, 11) is 3.67. The molecule has 8 nitrogen and oxygen atoms in total. The fourth-order valence-electron chi connectivity index (χ4n) is 2.41. The number of aryl methyl sites for hydroxylation is 2. The van der Waals surface area contributed by atoms with Crippen LogP contribution in [-0.4, -0.2) is 29.5 Å². The van der Waals surface area contributed by atoms with Gasteiger partial charge in [-0.25, -0.2) is 0 Å². The summed E-state index contributed by atoms with van der Waals surface area (Å²) in [5.74, 6) is 1.18. The van der Waals surface area contributed by atoms with Crippen LogP contribution in [-0.2, 0) is 14.1 Å². The van der Waals surface area contributed by atoms with Crippen LogP contribution in [0.25, 0.3) is 22.5 Å². The normalized spacial score (nSPS) is 8.31.